The highest BCUT2D eigenvalue weighted by Gasteiger charge is 2.47. The van der Waals surface area contributed by atoms with Gasteiger partial charge in [0.25, 0.3) is 0 Å². The number of hydrogen-bond donors (Lipinski definition) is 1. The monoisotopic (exact) mass is 234 g/mol. The fourth-order valence-corrected chi connectivity index (χ4v) is 2.93. The van der Waals surface area contributed by atoms with Crippen molar-refractivity contribution in [1.29, 1.82) is 0 Å². The van der Waals surface area contributed by atoms with E-state index in [0.29, 0.717) is 6.42 Å². The van der Waals surface area contributed by atoms with E-state index in [1.54, 1.807) is 12.1 Å². The summed E-state index contributed by atoms with van der Waals surface area (Å²) in [5, 5.41) is 3.44. The summed E-state index contributed by atoms with van der Waals surface area (Å²) in [5.74, 6) is -0.0432. The first kappa shape index (κ1) is 10.7. The van der Waals surface area contributed by atoms with E-state index in [9.17, 15) is 9.18 Å². The Hall–Kier alpha value is -1.42. The second-order valence-electron chi connectivity index (χ2n) is 4.69. The Morgan fingerprint density at radius 3 is 2.82 bits per heavy atom. The van der Waals surface area contributed by atoms with Crippen LogP contribution in [-0.2, 0) is 10.5 Å². The summed E-state index contributed by atoms with van der Waals surface area (Å²) in [6.07, 6.45) is 2.33. The lowest BCUT2D eigenvalue weighted by molar-refractivity contribution is -0.133. The first-order chi connectivity index (χ1) is 8.22. The Morgan fingerprint density at radius 1 is 1.29 bits per heavy atom. The summed E-state index contributed by atoms with van der Waals surface area (Å²) >= 11 is 0. The Kier molecular flexibility index (Phi) is 2.40. The van der Waals surface area contributed by atoms with Crippen molar-refractivity contribution in [3.63, 3.8) is 0 Å². The maximum atomic E-state index is 13.0. The molecule has 0 aromatic heterocycles. The van der Waals surface area contributed by atoms with Crippen molar-refractivity contribution >= 4 is 5.91 Å². The van der Waals surface area contributed by atoms with Crippen molar-refractivity contribution in [1.82, 2.24) is 10.2 Å². The average molecular weight is 234 g/mol. The van der Waals surface area contributed by atoms with Crippen LogP contribution < -0.4 is 5.32 Å². The second-order valence-corrected chi connectivity index (χ2v) is 4.69. The minimum absolute atomic E-state index is 0.196. The van der Waals surface area contributed by atoms with Gasteiger partial charge in [0.05, 0.1) is 0 Å². The maximum Gasteiger partial charge on any atom is 0.224 e. The topological polar surface area (TPSA) is 32.3 Å². The highest BCUT2D eigenvalue weighted by Crippen LogP contribution is 2.38. The number of nitrogens with zero attached hydrogens (tertiary/aromatic N) is 1. The highest BCUT2D eigenvalue weighted by atomic mass is 19.1. The molecule has 1 aromatic carbocycles. The largest absolute Gasteiger partial charge is 0.320 e. The lowest BCUT2D eigenvalue weighted by Crippen LogP contribution is -2.58. The predicted molar refractivity (Wildman–Crippen MR) is 61.6 cm³/mol. The van der Waals surface area contributed by atoms with Gasteiger partial charge >= 0.3 is 0 Å². The van der Waals surface area contributed by atoms with E-state index in [0.717, 1.165) is 31.5 Å². The van der Waals surface area contributed by atoms with Gasteiger partial charge in [0.2, 0.25) is 5.91 Å². The van der Waals surface area contributed by atoms with E-state index in [4.69, 9.17) is 0 Å². The first-order valence-corrected chi connectivity index (χ1v) is 6.04. The molecule has 1 N–H and O–H groups in total. The van der Waals surface area contributed by atoms with Crippen molar-refractivity contribution in [2.45, 2.75) is 24.9 Å². The zero-order valence-electron chi connectivity index (χ0n) is 9.58. The van der Waals surface area contributed by atoms with E-state index in [-0.39, 0.29) is 17.4 Å². The molecule has 0 unspecified atom stereocenters. The lowest BCUT2D eigenvalue weighted by Gasteiger charge is -2.43. The van der Waals surface area contributed by atoms with Crippen molar-refractivity contribution < 1.29 is 9.18 Å². The summed E-state index contributed by atoms with van der Waals surface area (Å²) in [4.78, 5) is 13.8. The number of fused-ring (bicyclic) bond motifs is 1. The molecule has 0 aliphatic carbocycles. The molecular formula is C13H15FN2O. The summed E-state index contributed by atoms with van der Waals surface area (Å²) in [6, 6.07) is 6.47. The van der Waals surface area contributed by atoms with Crippen molar-refractivity contribution in [3.8, 4) is 0 Å². The molecule has 0 saturated carbocycles. The van der Waals surface area contributed by atoms with Crippen LogP contribution in [-0.4, -0.2) is 23.9 Å². The molecule has 2 fully saturated rings. The molecule has 1 aromatic rings. The van der Waals surface area contributed by atoms with Crippen LogP contribution in [0.25, 0.3) is 0 Å². The quantitative estimate of drug-likeness (QED) is 0.800. The first-order valence-electron chi connectivity index (χ1n) is 6.04. The van der Waals surface area contributed by atoms with Gasteiger partial charge in [0, 0.05) is 13.0 Å². The van der Waals surface area contributed by atoms with Crippen molar-refractivity contribution in [2.75, 3.05) is 13.1 Å². The van der Waals surface area contributed by atoms with Crippen LogP contribution in [0.15, 0.2) is 24.3 Å². The molecule has 17 heavy (non-hydrogen) atoms. The Bertz CT molecular complexity index is 445. The maximum absolute atomic E-state index is 13.0. The third-order valence-corrected chi connectivity index (χ3v) is 3.76. The van der Waals surface area contributed by atoms with Gasteiger partial charge in [0.15, 0.2) is 0 Å². The van der Waals surface area contributed by atoms with Crippen LogP contribution in [0.5, 0.6) is 0 Å². The van der Waals surface area contributed by atoms with E-state index in [1.807, 2.05) is 4.90 Å². The highest BCUT2D eigenvalue weighted by molar-refractivity contribution is 5.80. The minimum atomic E-state index is -0.386. The van der Waals surface area contributed by atoms with Crippen LogP contribution in [0.1, 0.15) is 24.8 Å². The molecule has 90 valence electrons. The molecule has 1 amide bonds. The zero-order chi connectivity index (χ0) is 11.9. The summed E-state index contributed by atoms with van der Waals surface area (Å²) in [5.41, 5.74) is 0.604. The number of nitrogens with one attached hydrogen (secondary N) is 1. The van der Waals surface area contributed by atoms with E-state index in [1.165, 1.54) is 12.1 Å². The van der Waals surface area contributed by atoms with Gasteiger partial charge in [-0.25, -0.2) is 4.39 Å². The van der Waals surface area contributed by atoms with Gasteiger partial charge in [-0.15, -0.1) is 0 Å². The summed E-state index contributed by atoms with van der Waals surface area (Å²) in [6.45, 7) is 1.70. The van der Waals surface area contributed by atoms with Gasteiger partial charge in [0.1, 0.15) is 11.5 Å². The SMILES string of the molecule is O=C1CC[C@@]2(c3ccc(F)cc3)NCCCN12. The molecule has 2 aliphatic heterocycles. The van der Waals surface area contributed by atoms with E-state index < -0.39 is 0 Å². The Morgan fingerprint density at radius 2 is 2.06 bits per heavy atom. The Labute approximate surface area is 99.6 Å². The van der Waals surface area contributed by atoms with Crippen molar-refractivity contribution in [2.24, 2.45) is 0 Å². The van der Waals surface area contributed by atoms with E-state index >= 15 is 0 Å². The van der Waals surface area contributed by atoms with Gasteiger partial charge in [-0.2, -0.15) is 0 Å². The molecule has 3 nitrogen and oxygen atoms in total. The molecule has 2 heterocycles. The number of carbonyl (C=O) groups is 1. The molecule has 3 rings (SSSR count). The average Bonchev–Trinajstić information content (AvgIpc) is 2.70. The normalized spacial score (nSPS) is 28.3. The van der Waals surface area contributed by atoms with Gasteiger partial charge in [-0.3, -0.25) is 10.1 Å². The zero-order valence-corrected chi connectivity index (χ0v) is 9.58. The number of benzene rings is 1. The molecule has 2 saturated heterocycles. The number of hydrogen-bond acceptors (Lipinski definition) is 2. The van der Waals surface area contributed by atoms with Gasteiger partial charge in [-0.05, 0) is 37.1 Å². The number of halogens is 1. The standard InChI is InChI=1S/C13H15FN2O/c14-11-4-2-10(3-5-11)13-7-6-12(17)16(13)9-1-8-15-13/h2-5,15H,1,6-9H2/t13-/m1/s1. The molecule has 0 radical (unpaired) electrons. The molecule has 0 spiro atoms. The van der Waals surface area contributed by atoms with Gasteiger partial charge in [-0.1, -0.05) is 12.1 Å². The van der Waals surface area contributed by atoms with Crippen LogP contribution in [0.4, 0.5) is 4.39 Å². The fraction of sp³-hybridized carbons (Fsp3) is 0.462. The third kappa shape index (κ3) is 1.55. The number of rotatable bonds is 1. The number of amides is 1. The molecule has 0 bridgehead atoms. The molecule has 4 heteroatoms. The van der Waals surface area contributed by atoms with Gasteiger partial charge < -0.3 is 4.90 Å². The third-order valence-electron chi connectivity index (χ3n) is 3.76. The van der Waals surface area contributed by atoms with E-state index in [2.05, 4.69) is 5.32 Å². The van der Waals surface area contributed by atoms with Crippen molar-refractivity contribution in [3.05, 3.63) is 35.6 Å². The van der Waals surface area contributed by atoms with Crippen LogP contribution in [0, 0.1) is 5.82 Å². The van der Waals surface area contributed by atoms with Crippen LogP contribution in [0.3, 0.4) is 0 Å². The summed E-state index contributed by atoms with van der Waals surface area (Å²) < 4.78 is 13.0. The summed E-state index contributed by atoms with van der Waals surface area (Å²) in [7, 11) is 0. The molecule has 1 atom stereocenters. The molecule has 2 aliphatic rings. The smallest absolute Gasteiger partial charge is 0.224 e. The lowest BCUT2D eigenvalue weighted by atomic mass is 9.94. The van der Waals surface area contributed by atoms with Crippen LogP contribution >= 0.6 is 0 Å². The fourth-order valence-electron chi connectivity index (χ4n) is 2.93. The minimum Gasteiger partial charge on any atom is -0.320 e. The molecular weight excluding hydrogens is 219 g/mol. The second kappa shape index (κ2) is 3.81. The Balaban J connectivity index is 2.03. The predicted octanol–water partition coefficient (Wildman–Crippen LogP) is 1.59. The van der Waals surface area contributed by atoms with Crippen LogP contribution in [0.2, 0.25) is 0 Å². The number of carbonyl (C=O) groups excluding carboxylic acids is 1.